The molecule has 0 heterocycles. The molecule has 0 unspecified atom stereocenters. The van der Waals surface area contributed by atoms with Gasteiger partial charge in [0.25, 0.3) is 5.91 Å². The third-order valence-electron chi connectivity index (χ3n) is 4.20. The summed E-state index contributed by atoms with van der Waals surface area (Å²) >= 11 is 0. The molecule has 1 aliphatic carbocycles. The fourth-order valence-corrected chi connectivity index (χ4v) is 3.09. The van der Waals surface area contributed by atoms with Crippen molar-refractivity contribution in [2.45, 2.75) is 45.1 Å². The van der Waals surface area contributed by atoms with Crippen LogP contribution in [0.1, 0.15) is 49.4 Å². The summed E-state index contributed by atoms with van der Waals surface area (Å²) in [4.78, 5) is 35.5. The number of nitrogens with one attached hydrogen (secondary N) is 2. The van der Waals surface area contributed by atoms with E-state index in [1.165, 1.54) is 6.92 Å². The molecule has 6 nitrogen and oxygen atoms in total. The summed E-state index contributed by atoms with van der Waals surface area (Å²) in [5.74, 6) is -1.09. The SMILES string of the molecule is CC(=O)Nc1ccccc1C(=O)N[C@H](C(N)=O)C1CCCCC1. The Labute approximate surface area is 135 Å². The van der Waals surface area contributed by atoms with Crippen LogP contribution >= 0.6 is 0 Å². The van der Waals surface area contributed by atoms with E-state index in [1.54, 1.807) is 24.3 Å². The molecule has 0 saturated heterocycles. The fraction of sp³-hybridized carbons (Fsp3) is 0.471. The highest BCUT2D eigenvalue weighted by molar-refractivity contribution is 6.04. The van der Waals surface area contributed by atoms with Crippen molar-refractivity contribution in [1.29, 1.82) is 0 Å². The second kappa shape index (κ2) is 7.76. The number of nitrogens with two attached hydrogens (primary N) is 1. The first kappa shape index (κ1) is 17.0. The van der Waals surface area contributed by atoms with Crippen LogP contribution in [0.5, 0.6) is 0 Å². The summed E-state index contributed by atoms with van der Waals surface area (Å²) < 4.78 is 0. The smallest absolute Gasteiger partial charge is 0.254 e. The molecule has 1 aromatic rings. The third-order valence-corrected chi connectivity index (χ3v) is 4.20. The molecule has 6 heteroatoms. The van der Waals surface area contributed by atoms with Crippen molar-refractivity contribution in [1.82, 2.24) is 5.32 Å². The lowest BCUT2D eigenvalue weighted by atomic mass is 9.83. The quantitative estimate of drug-likeness (QED) is 0.772. The zero-order chi connectivity index (χ0) is 16.8. The minimum atomic E-state index is -0.673. The number of amides is 3. The van der Waals surface area contributed by atoms with Crippen LogP contribution < -0.4 is 16.4 Å². The second-order valence-corrected chi connectivity index (χ2v) is 5.98. The van der Waals surface area contributed by atoms with Crippen LogP contribution in [0.15, 0.2) is 24.3 Å². The molecule has 1 fully saturated rings. The number of carbonyl (C=O) groups excluding carboxylic acids is 3. The van der Waals surface area contributed by atoms with E-state index in [4.69, 9.17) is 5.73 Å². The van der Waals surface area contributed by atoms with E-state index < -0.39 is 17.9 Å². The Morgan fingerprint density at radius 2 is 1.78 bits per heavy atom. The van der Waals surface area contributed by atoms with Crippen LogP contribution in [0.2, 0.25) is 0 Å². The van der Waals surface area contributed by atoms with E-state index in [0.717, 1.165) is 32.1 Å². The van der Waals surface area contributed by atoms with Crippen molar-refractivity contribution < 1.29 is 14.4 Å². The van der Waals surface area contributed by atoms with Crippen molar-refractivity contribution in [3.8, 4) is 0 Å². The number of anilines is 1. The number of primary amides is 1. The lowest BCUT2D eigenvalue weighted by molar-refractivity contribution is -0.121. The molecule has 0 aromatic heterocycles. The first-order valence-corrected chi connectivity index (χ1v) is 7.96. The highest BCUT2D eigenvalue weighted by Crippen LogP contribution is 2.27. The van der Waals surface area contributed by atoms with Gasteiger partial charge in [-0.3, -0.25) is 14.4 Å². The number of rotatable bonds is 5. The zero-order valence-corrected chi connectivity index (χ0v) is 13.3. The molecule has 23 heavy (non-hydrogen) atoms. The Balaban J connectivity index is 2.15. The van der Waals surface area contributed by atoms with Crippen LogP contribution in [0.4, 0.5) is 5.69 Å². The van der Waals surface area contributed by atoms with Gasteiger partial charge in [0.2, 0.25) is 11.8 Å². The predicted octanol–water partition coefficient (Wildman–Crippen LogP) is 1.81. The molecule has 0 aliphatic heterocycles. The first-order chi connectivity index (χ1) is 11.0. The summed E-state index contributed by atoms with van der Waals surface area (Å²) in [7, 11) is 0. The lowest BCUT2D eigenvalue weighted by Crippen LogP contribution is -2.49. The van der Waals surface area contributed by atoms with E-state index in [-0.39, 0.29) is 11.8 Å². The van der Waals surface area contributed by atoms with Crippen LogP contribution in [-0.4, -0.2) is 23.8 Å². The second-order valence-electron chi connectivity index (χ2n) is 5.98. The number of hydrogen-bond donors (Lipinski definition) is 3. The molecule has 0 spiro atoms. The monoisotopic (exact) mass is 317 g/mol. The van der Waals surface area contributed by atoms with Gasteiger partial charge in [0.05, 0.1) is 11.3 Å². The molecule has 0 radical (unpaired) electrons. The molecule has 1 saturated carbocycles. The average molecular weight is 317 g/mol. The maximum absolute atomic E-state index is 12.5. The molecule has 2 rings (SSSR count). The van der Waals surface area contributed by atoms with E-state index in [9.17, 15) is 14.4 Å². The van der Waals surface area contributed by atoms with Gasteiger partial charge in [-0.25, -0.2) is 0 Å². The Morgan fingerprint density at radius 3 is 2.39 bits per heavy atom. The van der Waals surface area contributed by atoms with Gasteiger partial charge in [-0.1, -0.05) is 31.4 Å². The van der Waals surface area contributed by atoms with Crippen molar-refractivity contribution in [3.63, 3.8) is 0 Å². The standard InChI is InChI=1S/C17H23N3O3/c1-11(21)19-14-10-6-5-9-13(14)17(23)20-15(16(18)22)12-7-3-2-4-8-12/h5-6,9-10,12,15H,2-4,7-8H2,1H3,(H2,18,22)(H,19,21)(H,20,23)/t15-/m0/s1. The zero-order valence-electron chi connectivity index (χ0n) is 13.3. The predicted molar refractivity (Wildman–Crippen MR) is 87.8 cm³/mol. The van der Waals surface area contributed by atoms with Crippen molar-refractivity contribution in [2.24, 2.45) is 11.7 Å². The number of benzene rings is 1. The van der Waals surface area contributed by atoms with Gasteiger partial charge in [0.15, 0.2) is 0 Å². The number of carbonyl (C=O) groups is 3. The normalized spacial score (nSPS) is 16.4. The van der Waals surface area contributed by atoms with E-state index >= 15 is 0 Å². The van der Waals surface area contributed by atoms with Gasteiger partial charge in [-0.15, -0.1) is 0 Å². The molecule has 1 aliphatic rings. The van der Waals surface area contributed by atoms with Gasteiger partial charge in [0.1, 0.15) is 6.04 Å². The maximum Gasteiger partial charge on any atom is 0.254 e. The van der Waals surface area contributed by atoms with Gasteiger partial charge in [-0.05, 0) is 30.9 Å². The molecule has 0 bridgehead atoms. The van der Waals surface area contributed by atoms with Gasteiger partial charge in [0, 0.05) is 6.92 Å². The first-order valence-electron chi connectivity index (χ1n) is 7.96. The van der Waals surface area contributed by atoms with E-state index in [1.807, 2.05) is 0 Å². The van der Waals surface area contributed by atoms with Crippen LogP contribution in [0, 0.1) is 5.92 Å². The number of hydrogen-bond acceptors (Lipinski definition) is 3. The largest absolute Gasteiger partial charge is 0.368 e. The summed E-state index contributed by atoms with van der Waals surface area (Å²) in [6.07, 6.45) is 5.03. The minimum Gasteiger partial charge on any atom is -0.368 e. The Morgan fingerprint density at radius 1 is 1.13 bits per heavy atom. The van der Waals surface area contributed by atoms with Gasteiger partial charge >= 0.3 is 0 Å². The maximum atomic E-state index is 12.5. The van der Waals surface area contributed by atoms with Crippen LogP contribution in [-0.2, 0) is 9.59 Å². The molecule has 1 aromatic carbocycles. The molecule has 1 atom stereocenters. The van der Waals surface area contributed by atoms with Crippen molar-refractivity contribution >= 4 is 23.4 Å². The summed E-state index contributed by atoms with van der Waals surface area (Å²) in [6, 6.07) is 6.03. The van der Waals surface area contributed by atoms with Gasteiger partial charge in [-0.2, -0.15) is 0 Å². The topological polar surface area (TPSA) is 101 Å². The lowest BCUT2D eigenvalue weighted by Gasteiger charge is -2.29. The number of para-hydroxylation sites is 1. The third kappa shape index (κ3) is 4.55. The van der Waals surface area contributed by atoms with Crippen molar-refractivity contribution in [2.75, 3.05) is 5.32 Å². The van der Waals surface area contributed by atoms with E-state index in [2.05, 4.69) is 10.6 Å². The summed E-state index contributed by atoms with van der Waals surface area (Å²) in [5.41, 5.74) is 6.23. The summed E-state index contributed by atoms with van der Waals surface area (Å²) in [6.45, 7) is 1.38. The van der Waals surface area contributed by atoms with Crippen LogP contribution in [0.25, 0.3) is 0 Å². The van der Waals surface area contributed by atoms with Crippen LogP contribution in [0.3, 0.4) is 0 Å². The average Bonchev–Trinajstić information content (AvgIpc) is 2.53. The highest BCUT2D eigenvalue weighted by atomic mass is 16.2. The Kier molecular flexibility index (Phi) is 5.73. The highest BCUT2D eigenvalue weighted by Gasteiger charge is 2.30. The Hall–Kier alpha value is -2.37. The minimum absolute atomic E-state index is 0.0816. The molecule has 124 valence electrons. The molecular formula is C17H23N3O3. The molecular weight excluding hydrogens is 294 g/mol. The Bertz CT molecular complexity index is 595. The summed E-state index contributed by atoms with van der Waals surface area (Å²) in [5, 5.41) is 5.37. The van der Waals surface area contributed by atoms with Gasteiger partial charge < -0.3 is 16.4 Å². The van der Waals surface area contributed by atoms with E-state index in [0.29, 0.717) is 11.3 Å². The molecule has 3 amide bonds. The fourth-order valence-electron chi connectivity index (χ4n) is 3.09. The van der Waals surface area contributed by atoms with Crippen molar-refractivity contribution in [3.05, 3.63) is 29.8 Å². The molecule has 4 N–H and O–H groups in total.